The first kappa shape index (κ1) is 16.2. The monoisotopic (exact) mass is 335 g/mol. The molecule has 0 aliphatic carbocycles. The lowest BCUT2D eigenvalue weighted by Gasteiger charge is -2.26. The summed E-state index contributed by atoms with van der Waals surface area (Å²) in [5.41, 5.74) is 8.21. The number of rotatable bonds is 2. The number of aryl methyl sites for hydroxylation is 1. The van der Waals surface area contributed by atoms with Gasteiger partial charge in [-0.05, 0) is 53.5 Å². The van der Waals surface area contributed by atoms with Gasteiger partial charge in [-0.1, -0.05) is 73.3 Å². The molecule has 0 amide bonds. The lowest BCUT2D eigenvalue weighted by Crippen LogP contribution is -2.12. The lowest BCUT2D eigenvalue weighted by atomic mass is 9.97. The van der Waals surface area contributed by atoms with Crippen molar-refractivity contribution in [2.75, 3.05) is 4.90 Å². The average Bonchev–Trinajstić information content (AvgIpc) is 2.67. The normalized spacial score (nSPS) is 15.7. The number of allylic oxidation sites excluding steroid dienone is 4. The summed E-state index contributed by atoms with van der Waals surface area (Å²) < 4.78 is 0. The molecule has 0 saturated heterocycles. The van der Waals surface area contributed by atoms with Gasteiger partial charge in [0, 0.05) is 17.5 Å². The summed E-state index contributed by atoms with van der Waals surface area (Å²) in [5, 5.41) is 0. The molecule has 1 nitrogen and oxygen atoms in total. The first-order chi connectivity index (χ1) is 12.7. The second-order valence-corrected chi connectivity index (χ2v) is 6.48. The van der Waals surface area contributed by atoms with Gasteiger partial charge in [0.1, 0.15) is 0 Å². The number of fused-ring (bicyclic) bond motifs is 1. The van der Waals surface area contributed by atoms with Crippen molar-refractivity contribution in [1.29, 1.82) is 0 Å². The topological polar surface area (TPSA) is 3.24 Å². The van der Waals surface area contributed by atoms with E-state index in [-0.39, 0.29) is 0 Å². The van der Waals surface area contributed by atoms with Gasteiger partial charge in [0.25, 0.3) is 0 Å². The molecule has 0 radical (unpaired) electrons. The zero-order chi connectivity index (χ0) is 17.9. The molecule has 0 fully saturated rings. The molecule has 0 bridgehead atoms. The van der Waals surface area contributed by atoms with Crippen LogP contribution in [0.4, 0.5) is 11.4 Å². The molecule has 0 saturated carbocycles. The average molecular weight is 335 g/mol. The molecule has 1 aliphatic heterocycles. The van der Waals surface area contributed by atoms with E-state index in [1.807, 2.05) is 12.1 Å². The van der Waals surface area contributed by atoms with E-state index in [9.17, 15) is 0 Å². The molecule has 0 aromatic heterocycles. The van der Waals surface area contributed by atoms with E-state index in [2.05, 4.69) is 103 Å². The highest BCUT2D eigenvalue weighted by molar-refractivity contribution is 5.87. The van der Waals surface area contributed by atoms with Crippen molar-refractivity contribution in [2.24, 2.45) is 0 Å². The van der Waals surface area contributed by atoms with Gasteiger partial charge >= 0.3 is 0 Å². The third-order valence-corrected chi connectivity index (χ3v) is 4.73. The summed E-state index contributed by atoms with van der Waals surface area (Å²) in [6, 6.07) is 25.6. The van der Waals surface area contributed by atoms with Crippen LogP contribution in [0, 0.1) is 6.92 Å². The Kier molecular flexibility index (Phi) is 4.28. The third-order valence-electron chi connectivity index (χ3n) is 4.73. The van der Waals surface area contributed by atoms with Crippen LogP contribution in [0.3, 0.4) is 0 Å². The Morgan fingerprint density at radius 2 is 1.46 bits per heavy atom. The Morgan fingerprint density at radius 3 is 2.23 bits per heavy atom. The molecule has 26 heavy (non-hydrogen) atoms. The summed E-state index contributed by atoms with van der Waals surface area (Å²) in [4.78, 5) is 2.23. The fourth-order valence-corrected chi connectivity index (χ4v) is 3.41. The zero-order valence-electron chi connectivity index (χ0n) is 14.9. The summed E-state index contributed by atoms with van der Waals surface area (Å²) in [5.74, 6) is 0. The van der Waals surface area contributed by atoms with Crippen molar-refractivity contribution in [3.05, 3.63) is 115 Å². The minimum atomic E-state index is 1.04. The van der Waals surface area contributed by atoms with Crippen LogP contribution in [0.5, 0.6) is 0 Å². The maximum atomic E-state index is 4.25. The standard InChI is InChI=1S/C25H21N/c1-19-9-6-7-18-26(24-13-8-10-20(2)25(19)24)23-16-14-22(15-17-23)21-11-4-3-5-12-21/h3-18H,1H2,2H3/b9-6-,18-7-. The molecule has 0 atom stereocenters. The summed E-state index contributed by atoms with van der Waals surface area (Å²) in [6.07, 6.45) is 8.28. The van der Waals surface area contributed by atoms with Crippen molar-refractivity contribution >= 4 is 16.9 Å². The lowest BCUT2D eigenvalue weighted by molar-refractivity contribution is 1.25. The van der Waals surface area contributed by atoms with Crippen LogP contribution < -0.4 is 4.90 Å². The minimum absolute atomic E-state index is 1.04. The van der Waals surface area contributed by atoms with Crippen LogP contribution in [0.25, 0.3) is 16.7 Å². The second-order valence-electron chi connectivity index (χ2n) is 6.48. The molecule has 0 N–H and O–H groups in total. The Bertz CT molecular complexity index is 992. The van der Waals surface area contributed by atoms with Crippen molar-refractivity contribution in [3.63, 3.8) is 0 Å². The number of anilines is 2. The van der Waals surface area contributed by atoms with Crippen LogP contribution in [-0.2, 0) is 0 Å². The van der Waals surface area contributed by atoms with Gasteiger partial charge in [0.05, 0.1) is 5.69 Å². The Balaban J connectivity index is 1.79. The molecule has 1 heteroatoms. The summed E-state index contributed by atoms with van der Waals surface area (Å²) in [7, 11) is 0. The van der Waals surface area contributed by atoms with E-state index < -0.39 is 0 Å². The van der Waals surface area contributed by atoms with E-state index in [0.29, 0.717) is 0 Å². The fraction of sp³-hybridized carbons (Fsp3) is 0.0400. The molecular weight excluding hydrogens is 314 g/mol. The molecule has 1 aliphatic rings. The predicted molar refractivity (Wildman–Crippen MR) is 113 cm³/mol. The van der Waals surface area contributed by atoms with E-state index in [0.717, 1.165) is 16.9 Å². The van der Waals surface area contributed by atoms with E-state index in [4.69, 9.17) is 0 Å². The quantitative estimate of drug-likeness (QED) is 0.492. The predicted octanol–water partition coefficient (Wildman–Crippen LogP) is 6.90. The van der Waals surface area contributed by atoms with Crippen molar-refractivity contribution in [2.45, 2.75) is 6.92 Å². The van der Waals surface area contributed by atoms with Crippen molar-refractivity contribution < 1.29 is 0 Å². The highest BCUT2D eigenvalue weighted by Gasteiger charge is 2.15. The van der Waals surface area contributed by atoms with Crippen molar-refractivity contribution in [1.82, 2.24) is 0 Å². The van der Waals surface area contributed by atoms with Crippen molar-refractivity contribution in [3.8, 4) is 11.1 Å². The first-order valence-electron chi connectivity index (χ1n) is 8.82. The van der Waals surface area contributed by atoms with E-state index in [1.165, 1.54) is 22.3 Å². The maximum absolute atomic E-state index is 4.25. The van der Waals surface area contributed by atoms with E-state index >= 15 is 0 Å². The van der Waals surface area contributed by atoms with E-state index in [1.54, 1.807) is 0 Å². The number of hydrogen-bond acceptors (Lipinski definition) is 1. The molecule has 0 unspecified atom stereocenters. The minimum Gasteiger partial charge on any atom is -0.317 e. The van der Waals surface area contributed by atoms with Gasteiger partial charge in [0.2, 0.25) is 0 Å². The van der Waals surface area contributed by atoms with Crippen LogP contribution in [0.1, 0.15) is 11.1 Å². The second kappa shape index (κ2) is 6.89. The van der Waals surface area contributed by atoms with Crippen LogP contribution in [0.2, 0.25) is 0 Å². The highest BCUT2D eigenvalue weighted by atomic mass is 15.1. The summed E-state index contributed by atoms with van der Waals surface area (Å²) in [6.45, 7) is 6.39. The molecule has 3 aromatic rings. The Morgan fingerprint density at radius 1 is 0.731 bits per heavy atom. The molecule has 4 rings (SSSR count). The highest BCUT2D eigenvalue weighted by Crippen LogP contribution is 2.36. The summed E-state index contributed by atoms with van der Waals surface area (Å²) >= 11 is 0. The largest absolute Gasteiger partial charge is 0.317 e. The number of nitrogens with zero attached hydrogens (tertiary/aromatic N) is 1. The smallest absolute Gasteiger partial charge is 0.0536 e. The molecule has 3 aromatic carbocycles. The number of hydrogen-bond donors (Lipinski definition) is 0. The Labute approximate surface area is 155 Å². The molecular formula is C25H21N. The van der Waals surface area contributed by atoms with Crippen LogP contribution >= 0.6 is 0 Å². The Hall–Kier alpha value is -3.32. The first-order valence-corrected chi connectivity index (χ1v) is 8.82. The van der Waals surface area contributed by atoms with Gasteiger partial charge in [-0.15, -0.1) is 0 Å². The zero-order valence-corrected chi connectivity index (χ0v) is 14.9. The van der Waals surface area contributed by atoms with Crippen LogP contribution in [-0.4, -0.2) is 0 Å². The van der Waals surface area contributed by atoms with Gasteiger partial charge < -0.3 is 4.90 Å². The molecule has 0 spiro atoms. The molecule has 126 valence electrons. The third kappa shape index (κ3) is 3.00. The van der Waals surface area contributed by atoms with Gasteiger partial charge in [0.15, 0.2) is 0 Å². The SMILES string of the molecule is C=C1/C=C\C=C/N(c2ccc(-c3ccccc3)cc2)c2cccc(C)c21. The van der Waals surface area contributed by atoms with Gasteiger partial charge in [-0.25, -0.2) is 0 Å². The van der Waals surface area contributed by atoms with Crippen LogP contribution in [0.15, 0.2) is 104 Å². The van der Waals surface area contributed by atoms with Gasteiger partial charge in [-0.3, -0.25) is 0 Å². The van der Waals surface area contributed by atoms with Gasteiger partial charge in [-0.2, -0.15) is 0 Å². The fourth-order valence-electron chi connectivity index (χ4n) is 3.41. The number of benzene rings is 3. The molecule has 1 heterocycles. The maximum Gasteiger partial charge on any atom is 0.0536 e.